The largest absolute Gasteiger partial charge is 0.477 e. The monoisotopic (exact) mass is 446 g/mol. The quantitative estimate of drug-likeness (QED) is 0.290. The second kappa shape index (κ2) is 8.39. The van der Waals surface area contributed by atoms with E-state index in [0.29, 0.717) is 15.7 Å². The van der Waals surface area contributed by atoms with Gasteiger partial charge in [0.1, 0.15) is 4.88 Å². The van der Waals surface area contributed by atoms with Crippen LogP contribution in [0.3, 0.4) is 0 Å². The Balaban J connectivity index is 2.03. The van der Waals surface area contributed by atoms with Crippen molar-refractivity contribution in [2.45, 2.75) is 13.8 Å². The number of anilines is 1. The van der Waals surface area contributed by atoms with Crippen molar-refractivity contribution in [2.75, 3.05) is 12.2 Å². The zero-order valence-corrected chi connectivity index (χ0v) is 18.1. The van der Waals surface area contributed by atoms with Crippen molar-refractivity contribution in [2.24, 2.45) is 0 Å². The van der Waals surface area contributed by atoms with Crippen LogP contribution >= 0.6 is 18.9 Å². The van der Waals surface area contributed by atoms with E-state index in [2.05, 4.69) is 5.09 Å². The number of non-ortho nitro benzene ring substituents is 1. The Morgan fingerprint density at radius 2 is 1.83 bits per heavy atom. The third kappa shape index (κ3) is 4.28. The molecule has 3 rings (SSSR count). The number of thiophene rings is 1. The lowest BCUT2D eigenvalue weighted by atomic mass is 10.1. The highest BCUT2D eigenvalue weighted by molar-refractivity contribution is 7.68. The van der Waals surface area contributed by atoms with Gasteiger partial charge in [-0.2, -0.15) is 0 Å². The van der Waals surface area contributed by atoms with Gasteiger partial charge >= 0.3 is 13.5 Å². The molecule has 0 saturated heterocycles. The lowest BCUT2D eigenvalue weighted by molar-refractivity contribution is -0.384. The summed E-state index contributed by atoms with van der Waals surface area (Å²) in [6.45, 7) is 3.73. The molecule has 0 fully saturated rings. The number of nitro benzene ring substituents is 1. The van der Waals surface area contributed by atoms with Crippen molar-refractivity contribution >= 4 is 41.5 Å². The summed E-state index contributed by atoms with van der Waals surface area (Å²) >= 11 is 0.979. The SMILES string of the molecule is COP(=O)(Nc1cc(-c2ccc([N+](=O)[O-])cc2)sc1C(=O)O)c1ccc(C)cc1C. The number of hydrogen-bond acceptors (Lipinski definition) is 6. The normalized spacial score (nSPS) is 12.9. The van der Waals surface area contributed by atoms with E-state index in [1.165, 1.54) is 19.2 Å². The molecule has 30 heavy (non-hydrogen) atoms. The second-order valence-electron chi connectivity index (χ2n) is 6.60. The van der Waals surface area contributed by atoms with Gasteiger partial charge in [0.25, 0.3) is 5.69 Å². The van der Waals surface area contributed by atoms with Gasteiger partial charge in [-0.25, -0.2) is 4.79 Å². The second-order valence-corrected chi connectivity index (χ2v) is 9.82. The van der Waals surface area contributed by atoms with Crippen molar-refractivity contribution in [1.29, 1.82) is 0 Å². The number of nitro groups is 1. The van der Waals surface area contributed by atoms with Crippen LogP contribution in [0.4, 0.5) is 11.4 Å². The Kier molecular flexibility index (Phi) is 6.07. The first kappa shape index (κ1) is 21.7. The first-order valence-electron chi connectivity index (χ1n) is 8.78. The molecule has 3 aromatic rings. The van der Waals surface area contributed by atoms with Crippen molar-refractivity contribution in [3.05, 3.63) is 74.6 Å². The molecule has 1 atom stereocenters. The number of carboxylic acid groups (broad SMARTS) is 1. The fourth-order valence-electron chi connectivity index (χ4n) is 3.02. The van der Waals surface area contributed by atoms with Crippen molar-refractivity contribution in [1.82, 2.24) is 0 Å². The standard InChI is InChI=1S/C20H19N2O6PS/c1-12-4-9-17(13(2)10-12)29(27,28-3)21-16-11-18(30-19(16)20(23)24)14-5-7-15(8-6-14)22(25)26/h4-11H,1-3H3,(H,21,27)(H,23,24). The number of carbonyl (C=O) groups is 1. The van der Waals surface area contributed by atoms with Crippen LogP contribution in [-0.4, -0.2) is 23.1 Å². The molecule has 0 aliphatic carbocycles. The Hall–Kier alpha value is -3.00. The molecule has 0 spiro atoms. The molecule has 0 saturated carbocycles. The van der Waals surface area contributed by atoms with Crippen LogP contribution < -0.4 is 10.4 Å². The predicted molar refractivity (Wildman–Crippen MR) is 117 cm³/mol. The zero-order valence-electron chi connectivity index (χ0n) is 16.4. The molecular weight excluding hydrogens is 427 g/mol. The van der Waals surface area contributed by atoms with Crippen LogP contribution in [0, 0.1) is 24.0 Å². The Morgan fingerprint density at radius 3 is 2.37 bits per heavy atom. The van der Waals surface area contributed by atoms with Gasteiger partial charge in [-0.3, -0.25) is 14.7 Å². The molecule has 2 aromatic carbocycles. The van der Waals surface area contributed by atoms with E-state index in [4.69, 9.17) is 4.52 Å². The Labute approximate surface area is 176 Å². The van der Waals surface area contributed by atoms with Crippen molar-refractivity contribution in [3.8, 4) is 10.4 Å². The number of aryl methyl sites for hydroxylation is 2. The highest BCUT2D eigenvalue weighted by Crippen LogP contribution is 2.48. The lowest BCUT2D eigenvalue weighted by Gasteiger charge is -2.20. The third-order valence-corrected chi connectivity index (χ3v) is 7.84. The van der Waals surface area contributed by atoms with Crippen molar-refractivity contribution in [3.63, 3.8) is 0 Å². The minimum absolute atomic E-state index is 0.0367. The number of rotatable bonds is 7. The van der Waals surface area contributed by atoms with Crippen LogP contribution in [0.5, 0.6) is 0 Å². The molecule has 10 heteroatoms. The van der Waals surface area contributed by atoms with E-state index in [1.54, 1.807) is 24.3 Å². The molecule has 0 aliphatic heterocycles. The summed E-state index contributed by atoms with van der Waals surface area (Å²) in [5.41, 5.74) is 2.47. The fraction of sp³-hybridized carbons (Fsp3) is 0.150. The van der Waals surface area contributed by atoms with E-state index in [0.717, 1.165) is 22.5 Å². The maximum atomic E-state index is 13.5. The molecule has 1 unspecified atom stereocenters. The molecule has 1 heterocycles. The molecule has 0 radical (unpaired) electrons. The lowest BCUT2D eigenvalue weighted by Crippen LogP contribution is -2.17. The van der Waals surface area contributed by atoms with Gasteiger partial charge in [0.2, 0.25) is 0 Å². The number of benzene rings is 2. The van der Waals surface area contributed by atoms with Gasteiger partial charge in [0, 0.05) is 24.1 Å². The topological polar surface area (TPSA) is 119 Å². The number of aromatic carboxylic acids is 1. The van der Waals surface area contributed by atoms with E-state index in [9.17, 15) is 24.6 Å². The van der Waals surface area contributed by atoms with E-state index < -0.39 is 18.4 Å². The molecule has 0 bridgehead atoms. The minimum Gasteiger partial charge on any atom is -0.477 e. The first-order valence-corrected chi connectivity index (χ1v) is 11.2. The maximum Gasteiger partial charge on any atom is 0.348 e. The molecule has 0 amide bonds. The van der Waals surface area contributed by atoms with Gasteiger partial charge in [0.15, 0.2) is 0 Å². The summed E-state index contributed by atoms with van der Waals surface area (Å²) in [6.07, 6.45) is 0. The number of nitrogens with one attached hydrogen (secondary N) is 1. The zero-order chi connectivity index (χ0) is 22.1. The highest BCUT2D eigenvalue weighted by atomic mass is 32.1. The van der Waals surface area contributed by atoms with Crippen LogP contribution in [0.25, 0.3) is 10.4 Å². The predicted octanol–water partition coefficient (Wildman–Crippen LogP) is 5.22. The van der Waals surface area contributed by atoms with Gasteiger partial charge in [0.05, 0.1) is 15.9 Å². The van der Waals surface area contributed by atoms with Crippen LogP contribution in [0.2, 0.25) is 0 Å². The molecule has 156 valence electrons. The van der Waals surface area contributed by atoms with E-state index in [1.807, 2.05) is 26.0 Å². The summed E-state index contributed by atoms with van der Waals surface area (Å²) in [4.78, 5) is 22.6. The van der Waals surface area contributed by atoms with Crippen molar-refractivity contribution < 1.29 is 23.9 Å². The smallest absolute Gasteiger partial charge is 0.348 e. The van der Waals surface area contributed by atoms with Crippen LogP contribution in [0.1, 0.15) is 20.8 Å². The maximum absolute atomic E-state index is 13.5. The number of hydrogen-bond donors (Lipinski definition) is 2. The van der Waals surface area contributed by atoms with E-state index in [-0.39, 0.29) is 16.3 Å². The minimum atomic E-state index is -3.59. The fourth-order valence-corrected chi connectivity index (χ4v) is 5.76. The Bertz CT molecular complexity index is 1170. The van der Waals surface area contributed by atoms with Gasteiger partial charge in [-0.1, -0.05) is 17.7 Å². The average Bonchev–Trinajstić information content (AvgIpc) is 3.11. The Morgan fingerprint density at radius 1 is 1.17 bits per heavy atom. The summed E-state index contributed by atoms with van der Waals surface area (Å²) in [6, 6.07) is 12.7. The molecule has 2 N–H and O–H groups in total. The molecular formula is C20H19N2O6PS. The highest BCUT2D eigenvalue weighted by Gasteiger charge is 2.30. The summed E-state index contributed by atoms with van der Waals surface area (Å²) in [5, 5.41) is 23.7. The summed E-state index contributed by atoms with van der Waals surface area (Å²) in [7, 11) is -2.29. The van der Waals surface area contributed by atoms with Gasteiger partial charge < -0.3 is 14.7 Å². The number of nitrogens with zero attached hydrogens (tertiary/aromatic N) is 1. The molecule has 0 aliphatic rings. The summed E-state index contributed by atoms with van der Waals surface area (Å²) in [5.74, 6) is -1.18. The summed E-state index contributed by atoms with van der Waals surface area (Å²) < 4.78 is 18.9. The van der Waals surface area contributed by atoms with E-state index >= 15 is 0 Å². The number of carboxylic acids is 1. The third-order valence-electron chi connectivity index (χ3n) is 4.48. The first-order chi connectivity index (χ1) is 14.1. The van der Waals surface area contributed by atoms with Crippen LogP contribution in [-0.2, 0) is 9.09 Å². The average molecular weight is 446 g/mol. The molecule has 8 nitrogen and oxygen atoms in total. The van der Waals surface area contributed by atoms with Crippen LogP contribution in [0.15, 0.2) is 48.5 Å². The molecule has 1 aromatic heterocycles. The van der Waals surface area contributed by atoms with Gasteiger partial charge in [-0.05, 0) is 49.2 Å². The van der Waals surface area contributed by atoms with Gasteiger partial charge in [-0.15, -0.1) is 11.3 Å².